The molecule has 2 aromatic heterocycles. The molecule has 0 saturated heterocycles. The minimum atomic E-state index is -0.310. The number of thioether (sulfide) groups is 1. The zero-order valence-electron chi connectivity index (χ0n) is 14.2. The largest absolute Gasteiger partial charge is 0.359 e. The van der Waals surface area contributed by atoms with Gasteiger partial charge in [-0.05, 0) is 48.5 Å². The van der Waals surface area contributed by atoms with E-state index in [0.717, 1.165) is 11.3 Å². The van der Waals surface area contributed by atoms with Crippen molar-refractivity contribution >= 4 is 17.5 Å². The van der Waals surface area contributed by atoms with Gasteiger partial charge in [0.25, 0.3) is 0 Å². The second-order valence-corrected chi connectivity index (χ2v) is 6.72. The van der Waals surface area contributed by atoms with E-state index in [-0.39, 0.29) is 17.4 Å². The second-order valence-electron chi connectivity index (χ2n) is 5.78. The van der Waals surface area contributed by atoms with Gasteiger partial charge in [0.05, 0.1) is 11.4 Å². The number of nitrogens with one attached hydrogen (secondary N) is 1. The van der Waals surface area contributed by atoms with Crippen LogP contribution in [-0.4, -0.2) is 31.3 Å². The predicted molar refractivity (Wildman–Crippen MR) is 103 cm³/mol. The lowest BCUT2D eigenvalue weighted by molar-refractivity contribution is 0.101. The van der Waals surface area contributed by atoms with E-state index in [0.29, 0.717) is 16.7 Å². The van der Waals surface area contributed by atoms with Crippen LogP contribution in [0.15, 0.2) is 78.1 Å². The molecule has 0 unspecified atom stereocenters. The fourth-order valence-electron chi connectivity index (χ4n) is 2.67. The normalized spacial score (nSPS) is 10.9. The van der Waals surface area contributed by atoms with E-state index in [1.165, 1.54) is 23.9 Å². The maximum atomic E-state index is 13.3. The molecule has 4 aromatic rings. The minimum Gasteiger partial charge on any atom is -0.359 e. The second kappa shape index (κ2) is 7.59. The van der Waals surface area contributed by atoms with Gasteiger partial charge in [0.15, 0.2) is 16.8 Å². The van der Waals surface area contributed by atoms with Crippen molar-refractivity contribution in [1.82, 2.24) is 19.7 Å². The van der Waals surface area contributed by atoms with Gasteiger partial charge in [-0.1, -0.05) is 30.0 Å². The lowest BCUT2D eigenvalue weighted by atomic mass is 10.2. The summed E-state index contributed by atoms with van der Waals surface area (Å²) in [6.45, 7) is 0. The highest BCUT2D eigenvalue weighted by atomic mass is 32.2. The van der Waals surface area contributed by atoms with Gasteiger partial charge in [0.1, 0.15) is 5.82 Å². The average Bonchev–Trinajstić information content (AvgIpc) is 3.37. The number of Topliss-reactive ketones (excluding diaryl/α,β-unsaturated/α-hetero) is 1. The van der Waals surface area contributed by atoms with Crippen molar-refractivity contribution in [3.8, 4) is 17.1 Å². The van der Waals surface area contributed by atoms with Gasteiger partial charge >= 0.3 is 0 Å². The third-order valence-corrected chi connectivity index (χ3v) is 4.91. The molecule has 1 N–H and O–H groups in total. The van der Waals surface area contributed by atoms with E-state index in [9.17, 15) is 9.18 Å². The highest BCUT2D eigenvalue weighted by Crippen LogP contribution is 2.28. The number of aromatic amines is 1. The monoisotopic (exact) mass is 378 g/mol. The quantitative estimate of drug-likeness (QED) is 0.400. The molecule has 4 rings (SSSR count). The van der Waals surface area contributed by atoms with E-state index < -0.39 is 0 Å². The fourth-order valence-corrected chi connectivity index (χ4v) is 3.51. The number of halogens is 1. The Morgan fingerprint density at radius 3 is 2.48 bits per heavy atom. The van der Waals surface area contributed by atoms with Crippen LogP contribution in [0.4, 0.5) is 4.39 Å². The van der Waals surface area contributed by atoms with Crippen LogP contribution in [0, 0.1) is 5.82 Å². The first-order valence-electron chi connectivity index (χ1n) is 8.28. The Morgan fingerprint density at radius 1 is 1.00 bits per heavy atom. The molecular formula is C20H15FN4OS. The summed E-state index contributed by atoms with van der Waals surface area (Å²) in [5, 5.41) is 9.15. The molecule has 7 heteroatoms. The summed E-state index contributed by atoms with van der Waals surface area (Å²) in [6.07, 6.45) is 1.72. The van der Waals surface area contributed by atoms with E-state index in [1.54, 1.807) is 30.5 Å². The molecule has 0 radical (unpaired) electrons. The summed E-state index contributed by atoms with van der Waals surface area (Å²) in [5.74, 6) is 0.497. The summed E-state index contributed by atoms with van der Waals surface area (Å²) in [7, 11) is 0. The van der Waals surface area contributed by atoms with Crippen LogP contribution in [0.3, 0.4) is 0 Å². The van der Waals surface area contributed by atoms with Crippen molar-refractivity contribution in [2.75, 3.05) is 5.75 Å². The number of aromatic nitrogens is 4. The predicted octanol–water partition coefficient (Wildman–Crippen LogP) is 4.38. The summed E-state index contributed by atoms with van der Waals surface area (Å²) in [4.78, 5) is 15.2. The molecule has 0 aliphatic carbocycles. The molecule has 0 amide bonds. The number of carbonyl (C=O) groups is 1. The van der Waals surface area contributed by atoms with Crippen LogP contribution in [0.1, 0.15) is 10.5 Å². The van der Waals surface area contributed by atoms with Crippen LogP contribution >= 0.6 is 11.8 Å². The number of rotatable bonds is 6. The third kappa shape index (κ3) is 3.68. The maximum Gasteiger partial charge on any atom is 0.196 e. The van der Waals surface area contributed by atoms with Crippen molar-refractivity contribution in [3.05, 3.63) is 84.4 Å². The van der Waals surface area contributed by atoms with Crippen LogP contribution < -0.4 is 0 Å². The molecule has 0 atom stereocenters. The van der Waals surface area contributed by atoms with Crippen molar-refractivity contribution < 1.29 is 9.18 Å². The third-order valence-electron chi connectivity index (χ3n) is 3.98. The van der Waals surface area contributed by atoms with E-state index in [4.69, 9.17) is 0 Å². The van der Waals surface area contributed by atoms with E-state index in [2.05, 4.69) is 15.2 Å². The molecule has 27 heavy (non-hydrogen) atoms. The van der Waals surface area contributed by atoms with Crippen molar-refractivity contribution in [3.63, 3.8) is 0 Å². The Bertz CT molecular complexity index is 1040. The van der Waals surface area contributed by atoms with Crippen molar-refractivity contribution in [1.29, 1.82) is 0 Å². The Morgan fingerprint density at radius 2 is 1.78 bits per heavy atom. The molecular weight excluding hydrogens is 363 g/mol. The molecule has 0 spiro atoms. The van der Waals surface area contributed by atoms with Crippen LogP contribution in [0.5, 0.6) is 0 Å². The highest BCUT2D eigenvalue weighted by molar-refractivity contribution is 7.99. The first-order valence-corrected chi connectivity index (χ1v) is 9.27. The molecule has 5 nitrogen and oxygen atoms in total. The van der Waals surface area contributed by atoms with Crippen LogP contribution in [0.25, 0.3) is 17.1 Å². The SMILES string of the molecule is O=C(CSc1nnc(-c2ccc(F)cc2)n1-c1ccccc1)c1ccc[nH]1. The minimum absolute atomic E-state index is 0.0176. The van der Waals surface area contributed by atoms with E-state index in [1.807, 2.05) is 34.9 Å². The standard InChI is InChI=1S/C20H15FN4OS/c21-15-10-8-14(9-11-15)19-23-24-20(25(19)16-5-2-1-3-6-16)27-13-18(26)17-7-4-12-22-17/h1-12,22H,13H2. The molecule has 2 heterocycles. The molecule has 0 aliphatic rings. The molecule has 2 aromatic carbocycles. The van der Waals surface area contributed by atoms with Gasteiger partial charge in [0.2, 0.25) is 0 Å². The average molecular weight is 378 g/mol. The highest BCUT2D eigenvalue weighted by Gasteiger charge is 2.18. The Balaban J connectivity index is 1.69. The number of hydrogen-bond acceptors (Lipinski definition) is 4. The number of hydrogen-bond donors (Lipinski definition) is 1. The van der Waals surface area contributed by atoms with Gasteiger partial charge < -0.3 is 4.98 Å². The topological polar surface area (TPSA) is 63.6 Å². The zero-order valence-corrected chi connectivity index (χ0v) is 15.0. The van der Waals surface area contributed by atoms with Gasteiger partial charge in [-0.15, -0.1) is 10.2 Å². The van der Waals surface area contributed by atoms with Crippen molar-refractivity contribution in [2.45, 2.75) is 5.16 Å². The number of nitrogens with zero attached hydrogens (tertiary/aromatic N) is 3. The molecule has 0 saturated carbocycles. The zero-order chi connectivity index (χ0) is 18.6. The Hall–Kier alpha value is -3.19. The number of benzene rings is 2. The lowest BCUT2D eigenvalue weighted by Crippen LogP contribution is -2.05. The number of para-hydroxylation sites is 1. The van der Waals surface area contributed by atoms with Gasteiger partial charge in [-0.2, -0.15) is 0 Å². The molecule has 0 fully saturated rings. The first kappa shape index (κ1) is 17.2. The first-order chi connectivity index (χ1) is 13.2. The molecule has 0 aliphatic heterocycles. The maximum absolute atomic E-state index is 13.3. The number of carbonyl (C=O) groups excluding carboxylic acids is 1. The van der Waals surface area contributed by atoms with Crippen LogP contribution in [-0.2, 0) is 0 Å². The summed E-state index contributed by atoms with van der Waals surface area (Å²) >= 11 is 1.31. The van der Waals surface area contributed by atoms with E-state index >= 15 is 0 Å². The van der Waals surface area contributed by atoms with Gasteiger partial charge in [-0.25, -0.2) is 4.39 Å². The van der Waals surface area contributed by atoms with Crippen molar-refractivity contribution in [2.24, 2.45) is 0 Å². The molecule has 0 bridgehead atoms. The Kier molecular flexibility index (Phi) is 4.84. The van der Waals surface area contributed by atoms with Gasteiger partial charge in [-0.3, -0.25) is 9.36 Å². The summed E-state index contributed by atoms with van der Waals surface area (Å²) < 4.78 is 15.2. The fraction of sp³-hybridized carbons (Fsp3) is 0.0500. The Labute approximate surface area is 159 Å². The number of ketones is 1. The number of H-pyrrole nitrogens is 1. The summed E-state index contributed by atoms with van der Waals surface area (Å²) in [6, 6.07) is 19.3. The summed E-state index contributed by atoms with van der Waals surface area (Å²) in [5.41, 5.74) is 2.18. The molecule has 134 valence electrons. The van der Waals surface area contributed by atoms with Gasteiger partial charge in [0, 0.05) is 17.4 Å². The lowest BCUT2D eigenvalue weighted by Gasteiger charge is -2.10. The smallest absolute Gasteiger partial charge is 0.196 e. The van der Waals surface area contributed by atoms with Crippen LogP contribution in [0.2, 0.25) is 0 Å².